The maximum atomic E-state index is 4.87. The molecule has 1 aliphatic rings. The first kappa shape index (κ1) is 23.9. The lowest BCUT2D eigenvalue weighted by atomic mass is 10.0. The summed E-state index contributed by atoms with van der Waals surface area (Å²) in [6.45, 7) is 18.7. The van der Waals surface area contributed by atoms with Crippen molar-refractivity contribution >= 4 is 29.9 Å². The van der Waals surface area contributed by atoms with Crippen LogP contribution in [0.5, 0.6) is 0 Å². The molecule has 0 spiro atoms. The van der Waals surface area contributed by atoms with Gasteiger partial charge in [-0.05, 0) is 32.2 Å². The van der Waals surface area contributed by atoms with Gasteiger partial charge >= 0.3 is 0 Å². The lowest BCUT2D eigenvalue weighted by molar-refractivity contribution is 0.0925. The highest BCUT2D eigenvalue weighted by Gasteiger charge is 2.24. The number of hydrogen-bond acceptors (Lipinski definition) is 3. The van der Waals surface area contributed by atoms with Crippen LogP contribution in [0, 0.1) is 11.8 Å². The Bertz CT molecular complexity index is 338. The summed E-state index contributed by atoms with van der Waals surface area (Å²) >= 11 is 0. The van der Waals surface area contributed by atoms with E-state index in [1.807, 2.05) is 0 Å². The molecule has 0 amide bonds. The lowest BCUT2D eigenvalue weighted by Gasteiger charge is -2.39. The molecule has 1 atom stereocenters. The maximum absolute atomic E-state index is 4.87. The Morgan fingerprint density at radius 1 is 1.04 bits per heavy atom. The van der Waals surface area contributed by atoms with Crippen molar-refractivity contribution in [2.45, 2.75) is 47.1 Å². The number of nitrogens with one attached hydrogen (secondary N) is 2. The molecule has 1 fully saturated rings. The summed E-state index contributed by atoms with van der Waals surface area (Å²) in [5.74, 6) is 2.31. The molecule has 0 radical (unpaired) electrons. The highest BCUT2D eigenvalue weighted by atomic mass is 127. The lowest BCUT2D eigenvalue weighted by Crippen LogP contribution is -2.52. The van der Waals surface area contributed by atoms with Gasteiger partial charge in [0.1, 0.15) is 0 Å². The van der Waals surface area contributed by atoms with Crippen LogP contribution in [0.1, 0.15) is 41.0 Å². The van der Waals surface area contributed by atoms with E-state index in [0.717, 1.165) is 44.6 Å². The van der Waals surface area contributed by atoms with Gasteiger partial charge in [-0.25, -0.2) is 0 Å². The van der Waals surface area contributed by atoms with Crippen molar-refractivity contribution in [1.29, 1.82) is 0 Å². The molecule has 2 N–H and O–H groups in total. The Kier molecular flexibility index (Phi) is 13.1. The Balaban J connectivity index is 0.00000529. The van der Waals surface area contributed by atoms with Crippen LogP contribution in [0.4, 0.5) is 0 Å². The summed E-state index contributed by atoms with van der Waals surface area (Å²) in [5.41, 5.74) is 0. The number of likely N-dealkylation sites (N-methyl/N-ethyl adjacent to an activating group) is 1. The Morgan fingerprint density at radius 3 is 2.17 bits per heavy atom. The second kappa shape index (κ2) is 13.2. The number of halogens is 1. The largest absolute Gasteiger partial charge is 0.357 e. The van der Waals surface area contributed by atoms with Gasteiger partial charge in [-0.15, -0.1) is 24.0 Å². The fourth-order valence-corrected chi connectivity index (χ4v) is 2.91. The number of rotatable bonds is 8. The molecule has 1 heterocycles. The third-order valence-electron chi connectivity index (χ3n) is 4.57. The SMILES string of the molecule is CCNC(=NCC(C(C)C)N1CCN(C)CC1)NCCC(C)C.I. The molecule has 0 aliphatic carbocycles. The third kappa shape index (κ3) is 9.42. The average molecular weight is 453 g/mol. The maximum Gasteiger partial charge on any atom is 0.191 e. The smallest absolute Gasteiger partial charge is 0.191 e. The van der Waals surface area contributed by atoms with Crippen LogP contribution in [0.2, 0.25) is 0 Å². The Morgan fingerprint density at radius 2 is 1.67 bits per heavy atom. The van der Waals surface area contributed by atoms with E-state index >= 15 is 0 Å². The molecule has 24 heavy (non-hydrogen) atoms. The van der Waals surface area contributed by atoms with Crippen molar-refractivity contribution < 1.29 is 0 Å². The second-order valence-electron chi connectivity index (χ2n) is 7.48. The summed E-state index contributed by atoms with van der Waals surface area (Å²) in [7, 11) is 2.21. The summed E-state index contributed by atoms with van der Waals surface area (Å²) in [6.07, 6.45) is 1.18. The van der Waals surface area contributed by atoms with Gasteiger partial charge in [-0.2, -0.15) is 0 Å². The summed E-state index contributed by atoms with van der Waals surface area (Å²) in [5, 5.41) is 6.84. The van der Waals surface area contributed by atoms with Gasteiger partial charge in [0, 0.05) is 45.3 Å². The number of piperazine rings is 1. The van der Waals surface area contributed by atoms with E-state index in [-0.39, 0.29) is 24.0 Å². The van der Waals surface area contributed by atoms with E-state index in [4.69, 9.17) is 4.99 Å². The van der Waals surface area contributed by atoms with E-state index in [9.17, 15) is 0 Å². The highest BCUT2D eigenvalue weighted by Crippen LogP contribution is 2.14. The van der Waals surface area contributed by atoms with Crippen LogP contribution < -0.4 is 10.6 Å². The van der Waals surface area contributed by atoms with Crippen LogP contribution >= 0.6 is 24.0 Å². The quantitative estimate of drug-likeness (QED) is 0.337. The molecule has 5 nitrogen and oxygen atoms in total. The molecule has 0 aromatic carbocycles. The molecule has 0 saturated carbocycles. The summed E-state index contributed by atoms with van der Waals surface area (Å²) < 4.78 is 0. The first-order valence-corrected chi connectivity index (χ1v) is 9.38. The minimum Gasteiger partial charge on any atom is -0.357 e. The third-order valence-corrected chi connectivity index (χ3v) is 4.57. The van der Waals surface area contributed by atoms with Crippen LogP contribution in [-0.4, -0.2) is 74.7 Å². The molecule has 6 heteroatoms. The van der Waals surface area contributed by atoms with Gasteiger partial charge in [0.2, 0.25) is 0 Å². The van der Waals surface area contributed by atoms with Gasteiger partial charge in [0.25, 0.3) is 0 Å². The highest BCUT2D eigenvalue weighted by molar-refractivity contribution is 14.0. The molecule has 1 aliphatic heterocycles. The van der Waals surface area contributed by atoms with Gasteiger partial charge in [-0.1, -0.05) is 27.7 Å². The van der Waals surface area contributed by atoms with E-state index < -0.39 is 0 Å². The summed E-state index contributed by atoms with van der Waals surface area (Å²) in [6, 6.07) is 0.532. The van der Waals surface area contributed by atoms with Crippen molar-refractivity contribution in [3.05, 3.63) is 0 Å². The van der Waals surface area contributed by atoms with Gasteiger partial charge < -0.3 is 15.5 Å². The predicted octanol–water partition coefficient (Wildman–Crippen LogP) is 2.48. The van der Waals surface area contributed by atoms with E-state index in [2.05, 4.69) is 62.1 Å². The number of nitrogens with zero attached hydrogens (tertiary/aromatic N) is 3. The molecule has 1 unspecified atom stereocenters. The van der Waals surface area contributed by atoms with Crippen molar-refractivity contribution in [3.63, 3.8) is 0 Å². The minimum absolute atomic E-state index is 0. The molecular formula is C18H40IN5. The molecule has 0 aromatic rings. The standard InChI is InChI=1S/C18H39N5.HI/c1-7-19-18(20-9-8-15(2)3)21-14-17(16(4)5)23-12-10-22(6)11-13-23;/h15-17H,7-14H2,1-6H3,(H2,19,20,21);1H. The molecule has 1 rings (SSSR count). The second-order valence-corrected chi connectivity index (χ2v) is 7.48. The number of aliphatic imine (C=N–C) groups is 1. The Hall–Kier alpha value is -0.0800. The summed E-state index contributed by atoms with van der Waals surface area (Å²) in [4.78, 5) is 9.89. The molecule has 0 bridgehead atoms. The van der Waals surface area contributed by atoms with Gasteiger partial charge in [0.15, 0.2) is 5.96 Å². The number of hydrogen-bond donors (Lipinski definition) is 2. The van der Waals surface area contributed by atoms with Crippen LogP contribution in [0.25, 0.3) is 0 Å². The normalized spacial score (nSPS) is 18.6. The zero-order valence-corrected chi connectivity index (χ0v) is 19.0. The van der Waals surface area contributed by atoms with Crippen molar-refractivity contribution in [3.8, 4) is 0 Å². The molecule has 0 aromatic heterocycles. The van der Waals surface area contributed by atoms with Crippen LogP contribution in [0.15, 0.2) is 4.99 Å². The predicted molar refractivity (Wildman–Crippen MR) is 117 cm³/mol. The van der Waals surface area contributed by atoms with E-state index in [1.165, 1.54) is 19.5 Å². The van der Waals surface area contributed by atoms with Crippen LogP contribution in [-0.2, 0) is 0 Å². The Labute approximate surface area is 167 Å². The van der Waals surface area contributed by atoms with Crippen molar-refractivity contribution in [2.24, 2.45) is 16.8 Å². The zero-order valence-electron chi connectivity index (χ0n) is 16.6. The number of guanidine groups is 1. The fraction of sp³-hybridized carbons (Fsp3) is 0.944. The first-order chi connectivity index (χ1) is 10.9. The average Bonchev–Trinajstić information content (AvgIpc) is 2.48. The van der Waals surface area contributed by atoms with E-state index in [0.29, 0.717) is 12.0 Å². The van der Waals surface area contributed by atoms with Crippen molar-refractivity contribution in [2.75, 3.05) is 52.9 Å². The fourth-order valence-electron chi connectivity index (χ4n) is 2.91. The van der Waals surface area contributed by atoms with Crippen LogP contribution in [0.3, 0.4) is 0 Å². The molecule has 144 valence electrons. The van der Waals surface area contributed by atoms with E-state index in [1.54, 1.807) is 0 Å². The van der Waals surface area contributed by atoms with Gasteiger partial charge in [0.05, 0.1) is 6.54 Å². The zero-order chi connectivity index (χ0) is 17.2. The topological polar surface area (TPSA) is 42.9 Å². The minimum atomic E-state index is 0. The first-order valence-electron chi connectivity index (χ1n) is 9.38. The molecule has 1 saturated heterocycles. The molecular weight excluding hydrogens is 413 g/mol. The monoisotopic (exact) mass is 453 g/mol. The van der Waals surface area contributed by atoms with Crippen molar-refractivity contribution in [1.82, 2.24) is 20.4 Å². The van der Waals surface area contributed by atoms with Gasteiger partial charge in [-0.3, -0.25) is 9.89 Å².